The third kappa shape index (κ3) is 4.53. The molecule has 0 atom stereocenters. The highest BCUT2D eigenvalue weighted by atomic mass is 35.5. The molecule has 0 unspecified atom stereocenters. The van der Waals surface area contributed by atoms with Crippen molar-refractivity contribution in [3.05, 3.63) is 29.5 Å². The molecule has 3 nitrogen and oxygen atoms in total. The molecule has 20 heavy (non-hydrogen) atoms. The highest BCUT2D eigenvalue weighted by Crippen LogP contribution is 2.21. The quantitative estimate of drug-likeness (QED) is 0.570. The van der Waals surface area contributed by atoms with Crippen LogP contribution in [0.25, 0.3) is 10.9 Å². The van der Waals surface area contributed by atoms with Crippen LogP contribution >= 0.6 is 23.4 Å². The zero-order valence-corrected chi connectivity index (χ0v) is 13.3. The third-order valence-corrected chi connectivity index (χ3v) is 4.01. The second-order valence-corrected chi connectivity index (χ2v) is 6.02. The lowest BCUT2D eigenvalue weighted by Crippen LogP contribution is -2.05. The second kappa shape index (κ2) is 8.32. The third-order valence-electron chi connectivity index (χ3n) is 3.14. The molecule has 1 aromatic heterocycles. The number of thioether (sulfide) groups is 1. The lowest BCUT2D eigenvalue weighted by molar-refractivity contribution is 0.688. The molecule has 2 aromatic rings. The first kappa shape index (κ1) is 15.4. The van der Waals surface area contributed by atoms with E-state index in [9.17, 15) is 0 Å². The molecule has 5 heteroatoms. The summed E-state index contributed by atoms with van der Waals surface area (Å²) in [6, 6.07) is 7.93. The van der Waals surface area contributed by atoms with E-state index in [0.717, 1.165) is 29.7 Å². The Balaban J connectivity index is 1.86. The summed E-state index contributed by atoms with van der Waals surface area (Å²) >= 11 is 7.87. The highest BCUT2D eigenvalue weighted by molar-refractivity contribution is 7.98. The molecule has 0 saturated carbocycles. The van der Waals surface area contributed by atoms with Crippen molar-refractivity contribution in [1.29, 1.82) is 0 Å². The number of hydrogen-bond acceptors (Lipinski definition) is 4. The summed E-state index contributed by atoms with van der Waals surface area (Å²) in [4.78, 5) is 8.51. The van der Waals surface area contributed by atoms with Crippen molar-refractivity contribution in [3.63, 3.8) is 0 Å². The Hall–Kier alpha value is -1.00. The van der Waals surface area contributed by atoms with Crippen LogP contribution in [0, 0.1) is 0 Å². The monoisotopic (exact) mass is 309 g/mol. The normalized spacial score (nSPS) is 10.9. The Morgan fingerprint density at radius 2 is 1.90 bits per heavy atom. The Labute approximate surface area is 129 Å². The van der Waals surface area contributed by atoms with E-state index in [0.29, 0.717) is 5.28 Å². The number of aromatic nitrogens is 2. The standard InChI is InChI=1S/C15H20ClN3S/c1-20-11-7-3-2-6-10-17-14-12-8-4-5-9-13(12)18-15(16)19-14/h4-5,8-9H,2-3,6-7,10-11H2,1H3,(H,17,18,19). The molecule has 0 saturated heterocycles. The van der Waals surface area contributed by atoms with E-state index in [1.54, 1.807) is 0 Å². The van der Waals surface area contributed by atoms with Crippen molar-refractivity contribution in [3.8, 4) is 0 Å². The summed E-state index contributed by atoms with van der Waals surface area (Å²) in [6.07, 6.45) is 7.18. The number of nitrogens with zero attached hydrogens (tertiary/aromatic N) is 2. The molecule has 1 aromatic carbocycles. The smallest absolute Gasteiger partial charge is 0.224 e. The van der Waals surface area contributed by atoms with Gasteiger partial charge in [-0.25, -0.2) is 9.97 Å². The van der Waals surface area contributed by atoms with Crippen LogP contribution in [-0.2, 0) is 0 Å². The minimum Gasteiger partial charge on any atom is -0.369 e. The molecule has 0 fully saturated rings. The van der Waals surface area contributed by atoms with Crippen LogP contribution in [0.1, 0.15) is 25.7 Å². The van der Waals surface area contributed by atoms with Gasteiger partial charge in [0.25, 0.3) is 0 Å². The van der Waals surface area contributed by atoms with Gasteiger partial charge in [-0.15, -0.1) is 0 Å². The fourth-order valence-corrected chi connectivity index (χ4v) is 2.78. The van der Waals surface area contributed by atoms with E-state index < -0.39 is 0 Å². The van der Waals surface area contributed by atoms with Gasteiger partial charge in [-0.05, 0) is 48.6 Å². The number of halogens is 1. The average molecular weight is 310 g/mol. The summed E-state index contributed by atoms with van der Waals surface area (Å²) in [5.41, 5.74) is 0.884. The molecule has 108 valence electrons. The maximum atomic E-state index is 5.96. The van der Waals surface area contributed by atoms with E-state index in [-0.39, 0.29) is 0 Å². The fraction of sp³-hybridized carbons (Fsp3) is 0.467. The first-order valence-corrected chi connectivity index (χ1v) is 8.73. The number of hydrogen-bond donors (Lipinski definition) is 1. The van der Waals surface area contributed by atoms with E-state index in [1.807, 2.05) is 36.0 Å². The zero-order valence-electron chi connectivity index (χ0n) is 11.7. The number of para-hydroxylation sites is 1. The SMILES string of the molecule is CSCCCCCCNc1nc(Cl)nc2ccccc12. The van der Waals surface area contributed by atoms with Crippen molar-refractivity contribution in [1.82, 2.24) is 9.97 Å². The predicted molar refractivity (Wildman–Crippen MR) is 89.9 cm³/mol. The van der Waals surface area contributed by atoms with Crippen molar-refractivity contribution in [2.24, 2.45) is 0 Å². The lowest BCUT2D eigenvalue weighted by atomic mass is 10.2. The minimum atomic E-state index is 0.297. The molecule has 1 N–H and O–H groups in total. The molecule has 0 aliphatic carbocycles. The van der Waals surface area contributed by atoms with Gasteiger partial charge < -0.3 is 5.32 Å². The van der Waals surface area contributed by atoms with Crippen LogP contribution in [0.2, 0.25) is 5.28 Å². The summed E-state index contributed by atoms with van der Waals surface area (Å²) < 4.78 is 0. The van der Waals surface area contributed by atoms with Gasteiger partial charge in [0.05, 0.1) is 5.52 Å². The predicted octanol–water partition coefficient (Wildman–Crippen LogP) is 4.62. The van der Waals surface area contributed by atoms with Crippen molar-refractivity contribution in [2.75, 3.05) is 23.9 Å². The Bertz CT molecular complexity index is 548. The van der Waals surface area contributed by atoms with Crippen molar-refractivity contribution in [2.45, 2.75) is 25.7 Å². The molecule has 0 aliphatic heterocycles. The van der Waals surface area contributed by atoms with Gasteiger partial charge in [-0.3, -0.25) is 0 Å². The molecule has 0 spiro atoms. The van der Waals surface area contributed by atoms with Crippen LogP contribution in [0.3, 0.4) is 0 Å². The number of fused-ring (bicyclic) bond motifs is 1. The summed E-state index contributed by atoms with van der Waals surface area (Å²) in [5.74, 6) is 2.10. The molecule has 0 radical (unpaired) electrons. The van der Waals surface area contributed by atoms with E-state index in [4.69, 9.17) is 11.6 Å². The average Bonchev–Trinajstić information content (AvgIpc) is 2.46. The van der Waals surface area contributed by atoms with Crippen LogP contribution in [0.4, 0.5) is 5.82 Å². The van der Waals surface area contributed by atoms with Crippen molar-refractivity contribution < 1.29 is 0 Å². The van der Waals surface area contributed by atoms with Gasteiger partial charge in [-0.2, -0.15) is 11.8 Å². The van der Waals surface area contributed by atoms with Crippen LogP contribution in [0.5, 0.6) is 0 Å². The van der Waals surface area contributed by atoms with E-state index >= 15 is 0 Å². The van der Waals surface area contributed by atoms with Crippen LogP contribution in [-0.4, -0.2) is 28.5 Å². The largest absolute Gasteiger partial charge is 0.369 e. The van der Waals surface area contributed by atoms with E-state index in [1.165, 1.54) is 25.0 Å². The fourth-order valence-electron chi connectivity index (χ4n) is 2.11. The zero-order chi connectivity index (χ0) is 14.2. The number of nitrogens with one attached hydrogen (secondary N) is 1. The van der Waals surface area contributed by atoms with Gasteiger partial charge in [0.1, 0.15) is 5.82 Å². The maximum absolute atomic E-state index is 5.96. The maximum Gasteiger partial charge on any atom is 0.224 e. The number of rotatable bonds is 8. The Morgan fingerprint density at radius 3 is 2.75 bits per heavy atom. The van der Waals surface area contributed by atoms with Crippen molar-refractivity contribution >= 4 is 40.1 Å². The van der Waals surface area contributed by atoms with Gasteiger partial charge in [0.2, 0.25) is 5.28 Å². The van der Waals surface area contributed by atoms with Crippen LogP contribution < -0.4 is 5.32 Å². The highest BCUT2D eigenvalue weighted by Gasteiger charge is 2.05. The lowest BCUT2D eigenvalue weighted by Gasteiger charge is -2.08. The van der Waals surface area contributed by atoms with Gasteiger partial charge in [0, 0.05) is 11.9 Å². The molecular weight excluding hydrogens is 290 g/mol. The summed E-state index contributed by atoms with van der Waals surface area (Å²) in [7, 11) is 0. The molecule has 0 amide bonds. The number of anilines is 1. The van der Waals surface area contributed by atoms with Gasteiger partial charge in [0.15, 0.2) is 0 Å². The minimum absolute atomic E-state index is 0.297. The topological polar surface area (TPSA) is 37.8 Å². The molecule has 0 bridgehead atoms. The Morgan fingerprint density at radius 1 is 1.10 bits per heavy atom. The van der Waals surface area contributed by atoms with E-state index in [2.05, 4.69) is 21.5 Å². The number of unbranched alkanes of at least 4 members (excludes halogenated alkanes) is 3. The molecule has 2 rings (SSSR count). The second-order valence-electron chi connectivity index (χ2n) is 4.69. The van der Waals surface area contributed by atoms with Gasteiger partial charge in [-0.1, -0.05) is 25.0 Å². The summed E-state index contributed by atoms with van der Waals surface area (Å²) in [5, 5.41) is 4.70. The molecule has 1 heterocycles. The summed E-state index contributed by atoms with van der Waals surface area (Å²) in [6.45, 7) is 0.927. The first-order chi connectivity index (χ1) is 9.81. The van der Waals surface area contributed by atoms with Gasteiger partial charge >= 0.3 is 0 Å². The first-order valence-electron chi connectivity index (χ1n) is 6.96. The Kier molecular flexibility index (Phi) is 6.40. The van der Waals surface area contributed by atoms with Crippen LogP contribution in [0.15, 0.2) is 24.3 Å². The molecular formula is C15H20ClN3S. The molecule has 0 aliphatic rings. The number of benzene rings is 1.